The quantitative estimate of drug-likeness (QED) is 0.883. The molecule has 18 heavy (non-hydrogen) atoms. The minimum Gasteiger partial charge on any atom is -0.370 e. The van der Waals surface area contributed by atoms with E-state index in [2.05, 4.69) is 23.2 Å². The number of hydrogen-bond acceptors (Lipinski definition) is 2. The third kappa shape index (κ3) is 3.45. The maximum absolute atomic E-state index is 13.4. The van der Waals surface area contributed by atoms with Crippen molar-refractivity contribution in [2.24, 2.45) is 0 Å². The van der Waals surface area contributed by atoms with Gasteiger partial charge in [0.2, 0.25) is 0 Å². The Hall–Kier alpha value is -1.09. The number of nitrogens with zero attached hydrogens (tertiary/aromatic N) is 1. The molecule has 1 aliphatic heterocycles. The lowest BCUT2D eigenvalue weighted by molar-refractivity contribution is 0.423. The molecule has 1 fully saturated rings. The van der Waals surface area contributed by atoms with Crippen molar-refractivity contribution in [2.45, 2.75) is 39.2 Å². The van der Waals surface area contributed by atoms with Gasteiger partial charge in [0.25, 0.3) is 0 Å². The van der Waals surface area contributed by atoms with E-state index in [1.807, 2.05) is 6.92 Å². The van der Waals surface area contributed by atoms with Gasteiger partial charge in [-0.1, -0.05) is 6.92 Å². The molecule has 2 nitrogen and oxygen atoms in total. The Morgan fingerprint density at radius 3 is 2.94 bits per heavy atom. The van der Waals surface area contributed by atoms with Crippen LogP contribution in [-0.4, -0.2) is 25.7 Å². The molecule has 1 saturated heterocycles. The summed E-state index contributed by atoms with van der Waals surface area (Å²) in [5.74, 6) is -0.131. The van der Waals surface area contributed by atoms with Crippen LogP contribution in [0.5, 0.6) is 0 Å². The molecule has 100 valence electrons. The monoisotopic (exact) mass is 250 g/mol. The van der Waals surface area contributed by atoms with Crippen LogP contribution in [0.3, 0.4) is 0 Å². The van der Waals surface area contributed by atoms with Gasteiger partial charge >= 0.3 is 0 Å². The highest BCUT2D eigenvalue weighted by Gasteiger charge is 2.19. The Bertz CT molecular complexity index is 372. The van der Waals surface area contributed by atoms with Crippen LogP contribution >= 0.6 is 0 Å². The summed E-state index contributed by atoms with van der Waals surface area (Å²) in [6.07, 6.45) is 3.57. The van der Waals surface area contributed by atoms with Crippen LogP contribution in [0.25, 0.3) is 0 Å². The predicted octanol–water partition coefficient (Wildman–Crippen LogP) is 3.10. The minimum atomic E-state index is -0.131. The second kappa shape index (κ2) is 6.19. The zero-order chi connectivity index (χ0) is 13.0. The maximum Gasteiger partial charge on any atom is 0.125 e. The van der Waals surface area contributed by atoms with Crippen molar-refractivity contribution in [3.8, 4) is 0 Å². The topological polar surface area (TPSA) is 15.3 Å². The number of aryl methyl sites for hydroxylation is 1. The maximum atomic E-state index is 13.4. The second-order valence-corrected chi connectivity index (χ2v) is 5.23. The zero-order valence-electron chi connectivity index (χ0n) is 11.4. The lowest BCUT2D eigenvalue weighted by Crippen LogP contribution is -2.46. The zero-order valence-corrected chi connectivity index (χ0v) is 11.4. The second-order valence-electron chi connectivity index (χ2n) is 5.23. The van der Waals surface area contributed by atoms with Gasteiger partial charge < -0.3 is 10.2 Å². The van der Waals surface area contributed by atoms with Gasteiger partial charge in [-0.15, -0.1) is 0 Å². The van der Waals surface area contributed by atoms with Crippen LogP contribution in [0.1, 0.15) is 31.7 Å². The summed E-state index contributed by atoms with van der Waals surface area (Å²) in [4.78, 5) is 2.30. The molecule has 0 aromatic heterocycles. The third-order valence-corrected chi connectivity index (χ3v) is 3.50. The van der Waals surface area contributed by atoms with Crippen molar-refractivity contribution >= 4 is 5.69 Å². The van der Waals surface area contributed by atoms with Gasteiger partial charge in [-0.25, -0.2) is 4.39 Å². The number of rotatable bonds is 4. The summed E-state index contributed by atoms with van der Waals surface area (Å²) < 4.78 is 13.4. The van der Waals surface area contributed by atoms with Gasteiger partial charge in [0.05, 0.1) is 0 Å². The standard InChI is InChI=1S/C15H23FN2/c1-3-6-17-14-5-4-7-18(11-14)15-9-12(2)8-13(16)10-15/h8-10,14,17H,3-7,11H2,1-2H3. The van der Waals surface area contributed by atoms with E-state index in [1.54, 1.807) is 12.1 Å². The average molecular weight is 250 g/mol. The van der Waals surface area contributed by atoms with Gasteiger partial charge in [0.15, 0.2) is 0 Å². The van der Waals surface area contributed by atoms with Gasteiger partial charge in [-0.2, -0.15) is 0 Å². The molecule has 0 aliphatic carbocycles. The highest BCUT2D eigenvalue weighted by Crippen LogP contribution is 2.22. The van der Waals surface area contributed by atoms with E-state index >= 15 is 0 Å². The van der Waals surface area contributed by atoms with Crippen LogP contribution in [0.4, 0.5) is 10.1 Å². The van der Waals surface area contributed by atoms with E-state index in [9.17, 15) is 4.39 Å². The molecule has 0 spiro atoms. The van der Waals surface area contributed by atoms with E-state index in [0.29, 0.717) is 6.04 Å². The third-order valence-electron chi connectivity index (χ3n) is 3.50. The summed E-state index contributed by atoms with van der Waals surface area (Å²) in [7, 11) is 0. The largest absolute Gasteiger partial charge is 0.370 e. The Morgan fingerprint density at radius 1 is 1.39 bits per heavy atom. The average Bonchev–Trinajstić information content (AvgIpc) is 2.35. The van der Waals surface area contributed by atoms with Crippen LogP contribution in [-0.2, 0) is 0 Å². The van der Waals surface area contributed by atoms with Crippen LogP contribution < -0.4 is 10.2 Å². The fourth-order valence-corrected chi connectivity index (χ4v) is 2.63. The summed E-state index contributed by atoms with van der Waals surface area (Å²) >= 11 is 0. The molecule has 1 aromatic carbocycles. The van der Waals surface area contributed by atoms with E-state index in [4.69, 9.17) is 0 Å². The molecule has 2 rings (SSSR count). The van der Waals surface area contributed by atoms with E-state index in [1.165, 1.54) is 12.8 Å². The number of anilines is 1. The minimum absolute atomic E-state index is 0.131. The summed E-state index contributed by atoms with van der Waals surface area (Å²) in [5, 5.41) is 3.56. The fraction of sp³-hybridized carbons (Fsp3) is 0.600. The van der Waals surface area contributed by atoms with Crippen molar-refractivity contribution < 1.29 is 4.39 Å². The first kappa shape index (κ1) is 13.3. The van der Waals surface area contributed by atoms with E-state index in [0.717, 1.165) is 37.3 Å². The Kier molecular flexibility index (Phi) is 4.59. The first-order chi connectivity index (χ1) is 8.69. The molecule has 1 N–H and O–H groups in total. The van der Waals surface area contributed by atoms with E-state index < -0.39 is 0 Å². The molecule has 1 aliphatic rings. The number of nitrogens with one attached hydrogen (secondary N) is 1. The smallest absolute Gasteiger partial charge is 0.125 e. The molecule has 0 bridgehead atoms. The molecule has 0 saturated carbocycles. The van der Waals surface area contributed by atoms with Gasteiger partial charge in [0, 0.05) is 24.8 Å². The molecular formula is C15H23FN2. The first-order valence-corrected chi connectivity index (χ1v) is 6.94. The Balaban J connectivity index is 2.03. The molecule has 1 unspecified atom stereocenters. The molecule has 1 aromatic rings. The highest BCUT2D eigenvalue weighted by molar-refractivity contribution is 5.49. The van der Waals surface area contributed by atoms with Gasteiger partial charge in [0.1, 0.15) is 5.82 Å². The molecule has 0 amide bonds. The summed E-state index contributed by atoms with van der Waals surface area (Å²) in [6.45, 7) is 7.23. The summed E-state index contributed by atoms with van der Waals surface area (Å²) in [6, 6.07) is 5.85. The van der Waals surface area contributed by atoms with Crippen molar-refractivity contribution in [1.82, 2.24) is 5.32 Å². The van der Waals surface area contributed by atoms with Crippen molar-refractivity contribution in [3.05, 3.63) is 29.6 Å². The van der Waals surface area contributed by atoms with Crippen molar-refractivity contribution in [3.63, 3.8) is 0 Å². The Morgan fingerprint density at radius 2 is 2.22 bits per heavy atom. The van der Waals surface area contributed by atoms with Gasteiger partial charge in [-0.3, -0.25) is 0 Å². The molecule has 1 atom stereocenters. The van der Waals surface area contributed by atoms with E-state index in [-0.39, 0.29) is 5.82 Å². The highest BCUT2D eigenvalue weighted by atomic mass is 19.1. The van der Waals surface area contributed by atoms with Crippen molar-refractivity contribution in [1.29, 1.82) is 0 Å². The number of hydrogen-bond donors (Lipinski definition) is 1. The number of halogens is 1. The predicted molar refractivity (Wildman–Crippen MR) is 74.7 cm³/mol. The Labute approximate surface area is 109 Å². The number of piperidine rings is 1. The SMILES string of the molecule is CCCNC1CCCN(c2cc(C)cc(F)c2)C1. The lowest BCUT2D eigenvalue weighted by Gasteiger charge is -2.35. The van der Waals surface area contributed by atoms with Crippen LogP contribution in [0.15, 0.2) is 18.2 Å². The van der Waals surface area contributed by atoms with Crippen molar-refractivity contribution in [2.75, 3.05) is 24.5 Å². The van der Waals surface area contributed by atoms with Crippen LogP contribution in [0.2, 0.25) is 0 Å². The molecule has 3 heteroatoms. The normalized spacial score (nSPS) is 20.2. The van der Waals surface area contributed by atoms with Crippen LogP contribution in [0, 0.1) is 12.7 Å². The lowest BCUT2D eigenvalue weighted by atomic mass is 10.0. The fourth-order valence-electron chi connectivity index (χ4n) is 2.63. The summed E-state index contributed by atoms with van der Waals surface area (Å²) in [5.41, 5.74) is 2.02. The first-order valence-electron chi connectivity index (χ1n) is 6.94. The molecular weight excluding hydrogens is 227 g/mol. The number of benzene rings is 1. The van der Waals surface area contributed by atoms with Gasteiger partial charge in [-0.05, 0) is 56.5 Å². The molecule has 0 radical (unpaired) electrons. The molecule has 1 heterocycles.